The van der Waals surface area contributed by atoms with Crippen molar-refractivity contribution < 1.29 is 13.6 Å². The van der Waals surface area contributed by atoms with Gasteiger partial charge in [-0.15, -0.1) is 0 Å². The van der Waals surface area contributed by atoms with Crippen LogP contribution in [0.3, 0.4) is 0 Å². The van der Waals surface area contributed by atoms with E-state index in [1.165, 1.54) is 18.1 Å². The number of thioether (sulfide) groups is 1. The topological polar surface area (TPSA) is 101 Å². The van der Waals surface area contributed by atoms with Gasteiger partial charge in [-0.05, 0) is 17.7 Å². The van der Waals surface area contributed by atoms with E-state index in [1.807, 2.05) is 36.4 Å². The average molecular weight is 421 g/mol. The van der Waals surface area contributed by atoms with Crippen LogP contribution in [0.4, 0.5) is 0 Å². The first-order valence-electron chi connectivity index (χ1n) is 9.62. The van der Waals surface area contributed by atoms with Gasteiger partial charge in [0.15, 0.2) is 16.8 Å². The Balaban J connectivity index is 1.23. The third kappa shape index (κ3) is 4.02. The normalized spacial score (nSPS) is 13.4. The largest absolute Gasteiger partial charge is 0.455 e. The molecule has 30 heavy (non-hydrogen) atoms. The smallest absolute Gasteiger partial charge is 0.289 e. The maximum Gasteiger partial charge on any atom is 0.289 e. The Hall–Kier alpha value is -3.33. The summed E-state index contributed by atoms with van der Waals surface area (Å²) in [7, 11) is 0. The van der Waals surface area contributed by atoms with Crippen molar-refractivity contribution in [1.82, 2.24) is 25.1 Å². The minimum atomic E-state index is -0.135. The molecule has 0 unspecified atom stereocenters. The summed E-state index contributed by atoms with van der Waals surface area (Å²) in [5, 5.41) is 7.30. The zero-order valence-corrected chi connectivity index (χ0v) is 16.9. The number of carbonyl (C=O) groups is 1. The molecule has 1 amide bonds. The third-order valence-electron chi connectivity index (χ3n) is 4.87. The molecule has 4 aromatic rings. The SMILES string of the molecule is O=C(c1ccc(CSc2ncn[nH]2)o1)N1CCc2oc(Cc3ccccc3)nc2C1. The predicted molar refractivity (Wildman–Crippen MR) is 109 cm³/mol. The number of fused-ring (bicyclic) bond motifs is 1. The Bertz CT molecular complexity index is 1140. The second-order valence-corrected chi connectivity index (χ2v) is 7.93. The maximum atomic E-state index is 12.9. The van der Waals surface area contributed by atoms with Crippen LogP contribution in [0.15, 0.2) is 62.8 Å². The molecule has 1 aromatic carbocycles. The molecule has 1 N–H and O–H groups in total. The van der Waals surface area contributed by atoms with Crippen LogP contribution in [0.5, 0.6) is 0 Å². The van der Waals surface area contributed by atoms with Gasteiger partial charge in [-0.1, -0.05) is 42.1 Å². The summed E-state index contributed by atoms with van der Waals surface area (Å²) >= 11 is 1.46. The van der Waals surface area contributed by atoms with E-state index in [9.17, 15) is 4.79 Å². The van der Waals surface area contributed by atoms with Crippen LogP contribution in [-0.2, 0) is 25.1 Å². The van der Waals surface area contributed by atoms with Gasteiger partial charge in [-0.25, -0.2) is 9.97 Å². The molecule has 0 saturated carbocycles. The standard InChI is InChI=1S/C21H19N5O3S/c27-20(18-7-6-15(28-18)12-30-21-22-13-23-25-21)26-9-8-17-16(11-26)24-19(29-17)10-14-4-2-1-3-5-14/h1-7,13H,8-12H2,(H,22,23,25). The van der Waals surface area contributed by atoms with Crippen LogP contribution < -0.4 is 0 Å². The van der Waals surface area contributed by atoms with Gasteiger partial charge in [0.2, 0.25) is 0 Å². The van der Waals surface area contributed by atoms with E-state index >= 15 is 0 Å². The van der Waals surface area contributed by atoms with Gasteiger partial charge < -0.3 is 13.7 Å². The monoisotopic (exact) mass is 421 g/mol. The van der Waals surface area contributed by atoms with E-state index in [2.05, 4.69) is 20.2 Å². The molecule has 1 aliphatic heterocycles. The number of oxazole rings is 1. The first-order chi connectivity index (χ1) is 14.7. The Kier molecular flexibility index (Phi) is 5.10. The summed E-state index contributed by atoms with van der Waals surface area (Å²) in [6, 6.07) is 13.6. The molecule has 8 nitrogen and oxygen atoms in total. The maximum absolute atomic E-state index is 12.9. The van der Waals surface area contributed by atoms with Gasteiger partial charge in [0, 0.05) is 19.4 Å². The summed E-state index contributed by atoms with van der Waals surface area (Å²) in [5.41, 5.74) is 1.98. The number of aromatic nitrogens is 4. The predicted octanol–water partition coefficient (Wildman–Crippen LogP) is 3.47. The van der Waals surface area contributed by atoms with E-state index in [-0.39, 0.29) is 5.91 Å². The molecule has 9 heteroatoms. The summed E-state index contributed by atoms with van der Waals surface area (Å²) in [5.74, 6) is 3.03. The average Bonchev–Trinajstić information content (AvgIpc) is 3.52. The summed E-state index contributed by atoms with van der Waals surface area (Å²) in [6.45, 7) is 1.00. The Labute approximate surface area is 176 Å². The van der Waals surface area contributed by atoms with Gasteiger partial charge in [0.05, 0.1) is 12.3 Å². The van der Waals surface area contributed by atoms with Crippen LogP contribution in [0.25, 0.3) is 0 Å². The molecule has 1 aliphatic rings. The number of carbonyl (C=O) groups excluding carboxylic acids is 1. The number of benzene rings is 1. The lowest BCUT2D eigenvalue weighted by Gasteiger charge is -2.24. The van der Waals surface area contributed by atoms with Crippen LogP contribution in [0.1, 0.15) is 39.2 Å². The van der Waals surface area contributed by atoms with Crippen molar-refractivity contribution in [3.63, 3.8) is 0 Å². The number of nitrogens with zero attached hydrogens (tertiary/aromatic N) is 4. The molecule has 4 heterocycles. The number of aromatic amines is 1. The zero-order chi connectivity index (χ0) is 20.3. The first kappa shape index (κ1) is 18.7. The van der Waals surface area contributed by atoms with Crippen molar-refractivity contribution in [3.8, 4) is 0 Å². The Morgan fingerprint density at radius 3 is 2.90 bits per heavy atom. The molecule has 0 atom stereocenters. The van der Waals surface area contributed by atoms with Crippen molar-refractivity contribution in [2.45, 2.75) is 30.3 Å². The first-order valence-corrected chi connectivity index (χ1v) is 10.6. The number of hydrogen-bond donors (Lipinski definition) is 1. The molecule has 0 fully saturated rings. The lowest BCUT2D eigenvalue weighted by Crippen LogP contribution is -2.35. The van der Waals surface area contributed by atoms with Crippen molar-refractivity contribution >= 4 is 17.7 Å². The van der Waals surface area contributed by atoms with E-state index in [1.54, 1.807) is 11.0 Å². The van der Waals surface area contributed by atoms with E-state index in [0.717, 1.165) is 17.0 Å². The highest BCUT2D eigenvalue weighted by Gasteiger charge is 2.27. The second-order valence-electron chi connectivity index (χ2n) is 6.96. The highest BCUT2D eigenvalue weighted by atomic mass is 32.2. The Morgan fingerprint density at radius 2 is 2.07 bits per heavy atom. The van der Waals surface area contributed by atoms with Gasteiger partial charge in [0.25, 0.3) is 5.91 Å². The molecule has 0 spiro atoms. The molecule has 0 bridgehead atoms. The van der Waals surface area contributed by atoms with Crippen LogP contribution in [0.2, 0.25) is 0 Å². The van der Waals surface area contributed by atoms with Crippen LogP contribution in [0, 0.1) is 0 Å². The second kappa shape index (κ2) is 8.19. The van der Waals surface area contributed by atoms with Gasteiger partial charge in [-0.3, -0.25) is 9.89 Å². The Morgan fingerprint density at radius 1 is 1.17 bits per heavy atom. The fourth-order valence-corrected chi connectivity index (χ4v) is 4.07. The number of rotatable bonds is 6. The van der Waals surface area contributed by atoms with Gasteiger partial charge >= 0.3 is 0 Å². The molecule has 0 radical (unpaired) electrons. The van der Waals surface area contributed by atoms with Crippen LogP contribution >= 0.6 is 11.8 Å². The molecule has 0 saturated heterocycles. The van der Waals surface area contributed by atoms with E-state index in [4.69, 9.17) is 8.83 Å². The van der Waals surface area contributed by atoms with Crippen molar-refractivity contribution in [1.29, 1.82) is 0 Å². The number of H-pyrrole nitrogens is 1. The van der Waals surface area contributed by atoms with E-state index in [0.29, 0.717) is 54.3 Å². The summed E-state index contributed by atoms with van der Waals surface area (Å²) in [6.07, 6.45) is 2.75. The lowest BCUT2D eigenvalue weighted by molar-refractivity contribution is 0.0694. The molecular weight excluding hydrogens is 402 g/mol. The van der Waals surface area contributed by atoms with Crippen molar-refractivity contribution in [3.05, 3.63) is 83.2 Å². The minimum Gasteiger partial charge on any atom is -0.455 e. The molecule has 3 aromatic heterocycles. The highest BCUT2D eigenvalue weighted by Crippen LogP contribution is 2.24. The highest BCUT2D eigenvalue weighted by molar-refractivity contribution is 7.98. The zero-order valence-electron chi connectivity index (χ0n) is 16.1. The number of nitrogens with one attached hydrogen (secondary N) is 1. The number of furan rings is 1. The molecule has 5 rings (SSSR count). The van der Waals surface area contributed by atoms with Crippen molar-refractivity contribution in [2.75, 3.05) is 6.54 Å². The van der Waals surface area contributed by atoms with Gasteiger partial charge in [-0.2, -0.15) is 5.10 Å². The fraction of sp³-hybridized carbons (Fsp3) is 0.238. The fourth-order valence-electron chi connectivity index (χ4n) is 3.40. The van der Waals surface area contributed by atoms with Crippen LogP contribution in [-0.4, -0.2) is 37.5 Å². The van der Waals surface area contributed by atoms with Gasteiger partial charge in [0.1, 0.15) is 23.5 Å². The number of hydrogen-bond acceptors (Lipinski definition) is 7. The van der Waals surface area contributed by atoms with E-state index < -0.39 is 0 Å². The molecule has 0 aliphatic carbocycles. The molecule has 152 valence electrons. The van der Waals surface area contributed by atoms with Crippen molar-refractivity contribution in [2.24, 2.45) is 0 Å². The minimum absolute atomic E-state index is 0.135. The number of amides is 1. The quantitative estimate of drug-likeness (QED) is 0.476. The molecular formula is C21H19N5O3S. The summed E-state index contributed by atoms with van der Waals surface area (Å²) in [4.78, 5) is 23.3. The lowest BCUT2D eigenvalue weighted by atomic mass is 10.1. The third-order valence-corrected chi connectivity index (χ3v) is 5.77. The summed E-state index contributed by atoms with van der Waals surface area (Å²) < 4.78 is 11.7.